The molecule has 174 valence electrons. The maximum atomic E-state index is 12.9. The van der Waals surface area contributed by atoms with Crippen LogP contribution < -0.4 is 15.9 Å². The minimum atomic E-state index is -1.16. The summed E-state index contributed by atoms with van der Waals surface area (Å²) >= 11 is 0. The van der Waals surface area contributed by atoms with E-state index in [1.807, 2.05) is 31.2 Å². The van der Waals surface area contributed by atoms with Crippen LogP contribution in [-0.2, 0) is 18.4 Å². The van der Waals surface area contributed by atoms with E-state index in [2.05, 4.69) is 0 Å². The van der Waals surface area contributed by atoms with Crippen LogP contribution in [0.15, 0.2) is 45.6 Å². The van der Waals surface area contributed by atoms with Crippen LogP contribution in [-0.4, -0.2) is 27.0 Å². The third-order valence-electron chi connectivity index (χ3n) is 7.28. The van der Waals surface area contributed by atoms with Gasteiger partial charge in [0, 0.05) is 29.8 Å². The van der Waals surface area contributed by atoms with Crippen LogP contribution in [0.1, 0.15) is 55.9 Å². The number of ether oxygens (including phenoxy) is 1. The third-order valence-corrected chi connectivity index (χ3v) is 7.28. The van der Waals surface area contributed by atoms with Gasteiger partial charge in [0.25, 0.3) is 0 Å². The Morgan fingerprint density at radius 3 is 2.55 bits per heavy atom. The first-order chi connectivity index (χ1) is 15.7. The topological polar surface area (TPSA) is 126 Å². The molecule has 1 aliphatic heterocycles. The number of phenols is 1. The lowest BCUT2D eigenvalue weighted by Gasteiger charge is -2.40. The normalized spacial score (nSPS) is 23.9. The summed E-state index contributed by atoms with van der Waals surface area (Å²) in [6, 6.07) is 10.5. The van der Waals surface area contributed by atoms with E-state index in [4.69, 9.17) is 14.9 Å². The molecule has 2 aliphatic rings. The molecule has 7 heteroatoms. The Hall–Kier alpha value is -3.03. The number of fused-ring (bicyclic) bond motifs is 2. The molecule has 0 radical (unpaired) electrons. The van der Waals surface area contributed by atoms with Gasteiger partial charge in [-0.3, -0.25) is 4.79 Å². The fraction of sp³-hybridized carbons (Fsp3) is 0.423. The van der Waals surface area contributed by atoms with Gasteiger partial charge in [-0.25, -0.2) is 0 Å². The highest BCUT2D eigenvalue weighted by atomic mass is 16.5. The van der Waals surface area contributed by atoms with E-state index in [1.54, 1.807) is 6.07 Å². The molecule has 1 saturated carbocycles. The summed E-state index contributed by atoms with van der Waals surface area (Å²) in [5, 5.41) is 32.7. The zero-order chi connectivity index (χ0) is 23.4. The second kappa shape index (κ2) is 7.78. The van der Waals surface area contributed by atoms with Crippen LogP contribution in [0, 0.1) is 0 Å². The van der Waals surface area contributed by atoms with Crippen molar-refractivity contribution in [1.29, 1.82) is 0 Å². The molecule has 33 heavy (non-hydrogen) atoms. The Morgan fingerprint density at radius 1 is 1.15 bits per heavy atom. The van der Waals surface area contributed by atoms with Crippen LogP contribution in [0.3, 0.4) is 0 Å². The van der Waals surface area contributed by atoms with E-state index in [9.17, 15) is 20.1 Å². The van der Waals surface area contributed by atoms with Crippen molar-refractivity contribution < 1.29 is 24.5 Å². The maximum absolute atomic E-state index is 12.9. The fourth-order valence-corrected chi connectivity index (χ4v) is 5.07. The molecule has 2 atom stereocenters. The molecule has 0 amide bonds. The summed E-state index contributed by atoms with van der Waals surface area (Å²) in [6.45, 7) is 1.84. The molecular formula is C26H29NO6. The molecule has 5 N–H and O–H groups in total. The Morgan fingerprint density at radius 2 is 1.85 bits per heavy atom. The first-order valence-electron chi connectivity index (χ1n) is 11.5. The second-order valence-corrected chi connectivity index (χ2v) is 9.66. The van der Waals surface area contributed by atoms with E-state index in [0.29, 0.717) is 42.7 Å². The zero-order valence-electron chi connectivity index (χ0n) is 18.6. The largest absolute Gasteiger partial charge is 0.507 e. The SMILES string of the molecule is CC1(CCc2ccc(N)cc2)Oc2cc3oc(C4(O)CCCC4)cc(=O)c3c(O)c2CC1O. The van der Waals surface area contributed by atoms with Gasteiger partial charge in [-0.1, -0.05) is 12.1 Å². The number of nitrogens with two attached hydrogens (primary N) is 1. The number of benzene rings is 2. The van der Waals surface area contributed by atoms with Crippen molar-refractivity contribution in [1.82, 2.24) is 0 Å². The number of phenolic OH excluding ortho intramolecular Hbond substituents is 1. The standard InChI is InChI=1S/C26H29NO6/c1-25(11-8-15-4-6-16(27)7-5-15)21(29)12-17-19(33-25)14-20-23(24(17)30)18(28)13-22(32-20)26(31)9-2-3-10-26/h4-7,13-14,21,29-31H,2-3,8-12,27H2,1H3. The van der Waals surface area contributed by atoms with Gasteiger partial charge >= 0.3 is 0 Å². The predicted molar refractivity (Wildman–Crippen MR) is 124 cm³/mol. The molecule has 2 heterocycles. The van der Waals surface area contributed by atoms with Gasteiger partial charge < -0.3 is 30.2 Å². The lowest BCUT2D eigenvalue weighted by Crippen LogP contribution is -2.49. The van der Waals surface area contributed by atoms with E-state index < -0.39 is 22.7 Å². The molecule has 7 nitrogen and oxygen atoms in total. The fourth-order valence-electron chi connectivity index (χ4n) is 5.07. The summed E-state index contributed by atoms with van der Waals surface area (Å²) in [7, 11) is 0. The van der Waals surface area contributed by atoms with Crippen LogP contribution in [0.5, 0.6) is 11.5 Å². The van der Waals surface area contributed by atoms with Gasteiger partial charge in [0.2, 0.25) is 0 Å². The van der Waals surface area contributed by atoms with Gasteiger partial charge in [-0.05, 0) is 63.1 Å². The molecule has 3 aromatic rings. The lowest BCUT2D eigenvalue weighted by atomic mass is 9.84. The monoisotopic (exact) mass is 451 g/mol. The molecule has 1 aromatic heterocycles. The van der Waals surface area contributed by atoms with Crippen molar-refractivity contribution in [2.75, 3.05) is 5.73 Å². The third kappa shape index (κ3) is 3.75. The quantitative estimate of drug-likeness (QED) is 0.447. The molecule has 2 aromatic carbocycles. The van der Waals surface area contributed by atoms with E-state index in [0.717, 1.165) is 18.4 Å². The Bertz CT molecular complexity index is 1260. The molecule has 2 unspecified atom stereocenters. The van der Waals surface area contributed by atoms with Crippen LogP contribution in [0.4, 0.5) is 5.69 Å². The molecule has 1 aliphatic carbocycles. The Balaban J connectivity index is 1.50. The van der Waals surface area contributed by atoms with Crippen LogP contribution >= 0.6 is 0 Å². The number of aliphatic hydroxyl groups excluding tert-OH is 1. The number of anilines is 1. The maximum Gasteiger partial charge on any atom is 0.196 e. The van der Waals surface area contributed by atoms with Gasteiger partial charge in [-0.15, -0.1) is 0 Å². The predicted octanol–water partition coefficient (Wildman–Crippen LogP) is 3.53. The summed E-state index contributed by atoms with van der Waals surface area (Å²) in [5.74, 6) is 0.364. The van der Waals surface area contributed by atoms with E-state index in [-0.39, 0.29) is 28.9 Å². The Kier molecular flexibility index (Phi) is 5.14. The number of hydrogen-bond acceptors (Lipinski definition) is 7. The minimum absolute atomic E-state index is 0.0420. The van der Waals surface area contributed by atoms with E-state index >= 15 is 0 Å². The summed E-state index contributed by atoms with van der Waals surface area (Å²) in [6.07, 6.45) is 3.29. The number of aryl methyl sites for hydroxylation is 1. The van der Waals surface area contributed by atoms with Gasteiger partial charge in [-0.2, -0.15) is 0 Å². The molecule has 1 fully saturated rings. The lowest BCUT2D eigenvalue weighted by molar-refractivity contribution is -0.0595. The number of rotatable bonds is 4. The molecule has 5 rings (SSSR count). The molecular weight excluding hydrogens is 422 g/mol. The average Bonchev–Trinajstić information content (AvgIpc) is 3.22. The highest BCUT2D eigenvalue weighted by molar-refractivity contribution is 5.87. The molecule has 0 bridgehead atoms. The first kappa shape index (κ1) is 21.8. The average molecular weight is 452 g/mol. The van der Waals surface area contributed by atoms with Crippen LogP contribution in [0.25, 0.3) is 11.0 Å². The van der Waals surface area contributed by atoms with Crippen molar-refractivity contribution in [2.24, 2.45) is 0 Å². The van der Waals surface area contributed by atoms with Crippen LogP contribution in [0.2, 0.25) is 0 Å². The van der Waals surface area contributed by atoms with Crippen molar-refractivity contribution >= 4 is 16.7 Å². The van der Waals surface area contributed by atoms with Crippen molar-refractivity contribution in [2.45, 2.75) is 69.2 Å². The molecule has 0 spiro atoms. The highest BCUT2D eigenvalue weighted by Gasteiger charge is 2.42. The summed E-state index contributed by atoms with van der Waals surface area (Å²) < 4.78 is 12.2. The molecule has 0 saturated heterocycles. The number of aliphatic hydroxyl groups is 2. The second-order valence-electron chi connectivity index (χ2n) is 9.66. The summed E-state index contributed by atoms with van der Waals surface area (Å²) in [5.41, 5.74) is 5.62. The van der Waals surface area contributed by atoms with Gasteiger partial charge in [0.05, 0.1) is 6.10 Å². The Labute approximate surface area is 191 Å². The minimum Gasteiger partial charge on any atom is -0.507 e. The van der Waals surface area contributed by atoms with Crippen molar-refractivity contribution in [3.05, 3.63) is 63.5 Å². The van der Waals surface area contributed by atoms with E-state index in [1.165, 1.54) is 6.07 Å². The highest BCUT2D eigenvalue weighted by Crippen LogP contribution is 2.45. The first-order valence-corrected chi connectivity index (χ1v) is 11.5. The number of hydrogen-bond donors (Lipinski definition) is 4. The van der Waals surface area contributed by atoms with Crippen molar-refractivity contribution in [3.8, 4) is 11.5 Å². The smallest absolute Gasteiger partial charge is 0.196 e. The number of nitrogen functional groups attached to an aromatic ring is 1. The zero-order valence-corrected chi connectivity index (χ0v) is 18.6. The van der Waals surface area contributed by atoms with Gasteiger partial charge in [0.15, 0.2) is 5.43 Å². The van der Waals surface area contributed by atoms with Gasteiger partial charge in [0.1, 0.15) is 39.4 Å². The van der Waals surface area contributed by atoms with Crippen molar-refractivity contribution in [3.63, 3.8) is 0 Å². The number of aromatic hydroxyl groups is 1. The summed E-state index contributed by atoms with van der Waals surface area (Å²) in [4.78, 5) is 12.9.